The molecule has 100 valence electrons. The van der Waals surface area contributed by atoms with Crippen molar-refractivity contribution in [3.63, 3.8) is 0 Å². The van der Waals surface area contributed by atoms with Crippen molar-refractivity contribution < 1.29 is 19.4 Å². The summed E-state index contributed by atoms with van der Waals surface area (Å²) in [6, 6.07) is 5.19. The summed E-state index contributed by atoms with van der Waals surface area (Å²) in [6.07, 6.45) is 0.304. The third-order valence-electron chi connectivity index (χ3n) is 2.37. The Balaban J connectivity index is 2.53. The number of carbonyl (C=O) groups excluding carboxylic acids is 1. The monoisotopic (exact) mass is 253 g/mol. The van der Waals surface area contributed by atoms with E-state index in [1.807, 2.05) is 6.92 Å². The van der Waals surface area contributed by atoms with Gasteiger partial charge in [0, 0.05) is 6.54 Å². The summed E-state index contributed by atoms with van der Waals surface area (Å²) in [5.74, 6) is 1.08. The number of hydrogen-bond acceptors (Lipinski definition) is 4. The van der Waals surface area contributed by atoms with Gasteiger partial charge >= 0.3 is 0 Å². The van der Waals surface area contributed by atoms with Crippen LogP contribution < -0.4 is 14.8 Å². The maximum absolute atomic E-state index is 11.2. The molecule has 0 atom stereocenters. The Hall–Kier alpha value is -1.75. The Bertz CT molecular complexity index is 393. The molecule has 0 aliphatic rings. The van der Waals surface area contributed by atoms with E-state index in [9.17, 15) is 4.79 Å². The number of benzene rings is 1. The van der Waals surface area contributed by atoms with Crippen molar-refractivity contribution in [3.05, 3.63) is 23.8 Å². The predicted molar refractivity (Wildman–Crippen MR) is 67.7 cm³/mol. The molecule has 1 amide bonds. The molecule has 5 heteroatoms. The van der Waals surface area contributed by atoms with Crippen LogP contribution in [0, 0.1) is 0 Å². The predicted octanol–water partition coefficient (Wildman–Crippen LogP) is 1.09. The van der Waals surface area contributed by atoms with Crippen molar-refractivity contribution in [3.8, 4) is 11.5 Å². The van der Waals surface area contributed by atoms with Crippen molar-refractivity contribution in [1.82, 2.24) is 5.32 Å². The van der Waals surface area contributed by atoms with E-state index in [1.54, 1.807) is 18.2 Å². The molecular weight excluding hydrogens is 234 g/mol. The Labute approximate surface area is 107 Å². The number of amides is 1. The van der Waals surface area contributed by atoms with Gasteiger partial charge in [-0.2, -0.15) is 0 Å². The summed E-state index contributed by atoms with van der Waals surface area (Å²) in [6.45, 7) is 2.74. The first-order valence-electron chi connectivity index (χ1n) is 5.88. The first kappa shape index (κ1) is 14.3. The number of methoxy groups -OCH3 is 1. The number of rotatable bonds is 7. The summed E-state index contributed by atoms with van der Waals surface area (Å²) in [7, 11) is 1.53. The Kier molecular flexibility index (Phi) is 6.00. The summed E-state index contributed by atoms with van der Waals surface area (Å²) in [5.41, 5.74) is 0.753. The van der Waals surface area contributed by atoms with Gasteiger partial charge in [0.1, 0.15) is 0 Å². The van der Waals surface area contributed by atoms with Gasteiger partial charge in [-0.15, -0.1) is 0 Å². The number of ether oxygens (including phenoxy) is 2. The maximum atomic E-state index is 11.2. The lowest BCUT2D eigenvalue weighted by Crippen LogP contribution is -2.24. The summed E-state index contributed by atoms with van der Waals surface area (Å²) in [5, 5.41) is 11.7. The first-order chi connectivity index (χ1) is 8.71. The van der Waals surface area contributed by atoms with Crippen LogP contribution in [-0.2, 0) is 11.4 Å². The molecule has 0 aliphatic carbocycles. The highest BCUT2D eigenvalue weighted by Gasteiger charge is 2.06. The van der Waals surface area contributed by atoms with Crippen molar-refractivity contribution in [1.29, 1.82) is 0 Å². The lowest BCUT2D eigenvalue weighted by Gasteiger charge is -2.11. The smallest absolute Gasteiger partial charge is 0.223 e. The fraction of sp³-hybridized carbons (Fsp3) is 0.462. The van der Waals surface area contributed by atoms with E-state index in [4.69, 9.17) is 14.6 Å². The highest BCUT2D eigenvalue weighted by Crippen LogP contribution is 2.28. The van der Waals surface area contributed by atoms with Gasteiger partial charge in [0.15, 0.2) is 11.5 Å². The zero-order chi connectivity index (χ0) is 13.4. The van der Waals surface area contributed by atoms with E-state index < -0.39 is 0 Å². The topological polar surface area (TPSA) is 67.8 Å². The molecule has 5 nitrogen and oxygen atoms in total. The molecule has 2 N–H and O–H groups in total. The van der Waals surface area contributed by atoms with Crippen molar-refractivity contribution in [2.45, 2.75) is 20.0 Å². The molecule has 0 saturated carbocycles. The van der Waals surface area contributed by atoms with Crippen LogP contribution in [0.4, 0.5) is 0 Å². The van der Waals surface area contributed by atoms with Crippen LogP contribution in [0.15, 0.2) is 18.2 Å². The molecule has 18 heavy (non-hydrogen) atoms. The van der Waals surface area contributed by atoms with Gasteiger partial charge in [-0.1, -0.05) is 6.07 Å². The Morgan fingerprint density at radius 3 is 2.78 bits per heavy atom. The fourth-order valence-electron chi connectivity index (χ4n) is 1.47. The molecule has 1 aromatic carbocycles. The van der Waals surface area contributed by atoms with Gasteiger partial charge in [0.2, 0.25) is 5.91 Å². The van der Waals surface area contributed by atoms with E-state index in [1.165, 1.54) is 7.11 Å². The molecule has 1 rings (SSSR count). The minimum absolute atomic E-state index is 0.0385. The van der Waals surface area contributed by atoms with Gasteiger partial charge < -0.3 is 19.9 Å². The minimum Gasteiger partial charge on any atom is -0.493 e. The number of nitrogens with one attached hydrogen (secondary N) is 1. The largest absolute Gasteiger partial charge is 0.493 e. The van der Waals surface area contributed by atoms with Crippen molar-refractivity contribution in [2.24, 2.45) is 0 Å². The molecule has 0 heterocycles. The van der Waals surface area contributed by atoms with Crippen molar-refractivity contribution >= 4 is 5.91 Å². The van der Waals surface area contributed by atoms with Gasteiger partial charge in [-0.05, 0) is 24.6 Å². The van der Waals surface area contributed by atoms with Crippen LogP contribution in [0.2, 0.25) is 0 Å². The fourth-order valence-corrected chi connectivity index (χ4v) is 1.47. The van der Waals surface area contributed by atoms with Crippen molar-refractivity contribution in [2.75, 3.05) is 20.3 Å². The third kappa shape index (κ3) is 4.25. The van der Waals surface area contributed by atoms with Crippen LogP contribution in [0.25, 0.3) is 0 Å². The molecule has 0 bridgehead atoms. The van der Waals surface area contributed by atoms with E-state index >= 15 is 0 Å². The molecule has 0 aromatic heterocycles. The standard InChI is InChI=1S/C13H19NO4/c1-3-14-13(16)6-7-18-11-5-4-10(9-15)8-12(11)17-2/h4-5,8,15H,3,6-7,9H2,1-2H3,(H,14,16). The SMILES string of the molecule is CCNC(=O)CCOc1ccc(CO)cc1OC. The van der Waals surface area contributed by atoms with E-state index in [0.29, 0.717) is 31.1 Å². The number of aliphatic hydroxyl groups excluding tert-OH is 1. The zero-order valence-corrected chi connectivity index (χ0v) is 10.7. The molecule has 0 fully saturated rings. The second-order valence-electron chi connectivity index (χ2n) is 3.70. The summed E-state index contributed by atoms with van der Waals surface area (Å²) < 4.78 is 10.6. The average Bonchev–Trinajstić information content (AvgIpc) is 2.39. The van der Waals surface area contributed by atoms with E-state index in [2.05, 4.69) is 5.32 Å². The average molecular weight is 253 g/mol. The maximum Gasteiger partial charge on any atom is 0.223 e. The number of aliphatic hydroxyl groups is 1. The lowest BCUT2D eigenvalue weighted by molar-refractivity contribution is -0.121. The van der Waals surface area contributed by atoms with Crippen LogP contribution in [0.3, 0.4) is 0 Å². The second-order valence-corrected chi connectivity index (χ2v) is 3.70. The summed E-state index contributed by atoms with van der Waals surface area (Å²) >= 11 is 0. The summed E-state index contributed by atoms with van der Waals surface area (Å²) in [4.78, 5) is 11.2. The lowest BCUT2D eigenvalue weighted by atomic mass is 10.2. The molecule has 0 spiro atoms. The molecular formula is C13H19NO4. The van der Waals surface area contributed by atoms with Gasteiger partial charge in [0.05, 0.1) is 26.7 Å². The molecule has 0 saturated heterocycles. The second kappa shape index (κ2) is 7.55. The minimum atomic E-state index is -0.0461. The highest BCUT2D eigenvalue weighted by molar-refractivity contribution is 5.75. The van der Waals surface area contributed by atoms with Crippen LogP contribution >= 0.6 is 0 Å². The van der Waals surface area contributed by atoms with Crippen LogP contribution in [0.1, 0.15) is 18.9 Å². The van der Waals surface area contributed by atoms with Crippen LogP contribution in [0.5, 0.6) is 11.5 Å². The number of hydrogen-bond donors (Lipinski definition) is 2. The third-order valence-corrected chi connectivity index (χ3v) is 2.37. The Morgan fingerprint density at radius 1 is 1.39 bits per heavy atom. The molecule has 1 aromatic rings. The number of carbonyl (C=O) groups is 1. The Morgan fingerprint density at radius 2 is 2.17 bits per heavy atom. The zero-order valence-electron chi connectivity index (χ0n) is 10.7. The van der Waals surface area contributed by atoms with E-state index in [-0.39, 0.29) is 12.5 Å². The normalized spacial score (nSPS) is 9.94. The molecule has 0 radical (unpaired) electrons. The van der Waals surface area contributed by atoms with E-state index in [0.717, 1.165) is 5.56 Å². The van der Waals surface area contributed by atoms with Gasteiger partial charge in [-0.25, -0.2) is 0 Å². The van der Waals surface area contributed by atoms with Gasteiger partial charge in [0.25, 0.3) is 0 Å². The quantitative estimate of drug-likeness (QED) is 0.763. The van der Waals surface area contributed by atoms with Crippen LogP contribution in [-0.4, -0.2) is 31.3 Å². The van der Waals surface area contributed by atoms with Gasteiger partial charge in [-0.3, -0.25) is 4.79 Å². The molecule has 0 aliphatic heterocycles. The first-order valence-corrected chi connectivity index (χ1v) is 5.88. The molecule has 0 unspecified atom stereocenters. The highest BCUT2D eigenvalue weighted by atomic mass is 16.5.